The number of carbonyl (C=O) groups is 3. The van der Waals surface area contributed by atoms with Gasteiger partial charge < -0.3 is 35.4 Å². The van der Waals surface area contributed by atoms with Gasteiger partial charge in [-0.15, -0.1) is 0 Å². The van der Waals surface area contributed by atoms with Crippen molar-refractivity contribution < 1.29 is 29.7 Å². The minimum Gasteiger partial charge on any atom is -0.506 e. The summed E-state index contributed by atoms with van der Waals surface area (Å²) in [6.07, 6.45) is 0.999. The molecule has 252 valence electrons. The maximum atomic E-state index is 13.0. The van der Waals surface area contributed by atoms with E-state index in [1.165, 1.54) is 12.1 Å². The molecule has 11 nitrogen and oxygen atoms in total. The van der Waals surface area contributed by atoms with Crippen LogP contribution in [0.2, 0.25) is 0 Å². The number of phenolic OH excluding ortho intramolecular Hbond substituents is 1. The van der Waals surface area contributed by atoms with Gasteiger partial charge in [0.15, 0.2) is 0 Å². The Labute approximate surface area is 278 Å². The number of piperidine rings is 1. The van der Waals surface area contributed by atoms with Crippen LogP contribution in [0.5, 0.6) is 5.75 Å². The van der Waals surface area contributed by atoms with Crippen LogP contribution in [0.4, 0.5) is 0 Å². The summed E-state index contributed by atoms with van der Waals surface area (Å²) < 4.78 is 0. The number of rotatable bonds is 13. The zero-order chi connectivity index (χ0) is 34.3. The van der Waals surface area contributed by atoms with Crippen molar-refractivity contribution in [3.05, 3.63) is 111 Å². The van der Waals surface area contributed by atoms with Gasteiger partial charge in [0.05, 0.1) is 29.9 Å². The number of carboxylic acid groups (broad SMARTS) is 1. The molecule has 1 fully saturated rings. The number of fused-ring (bicyclic) bond motifs is 1. The van der Waals surface area contributed by atoms with Crippen LogP contribution in [-0.2, 0) is 32.6 Å². The van der Waals surface area contributed by atoms with Crippen LogP contribution in [0.15, 0.2) is 83.7 Å². The molecular weight excluding hydrogens is 612 g/mol. The van der Waals surface area contributed by atoms with Gasteiger partial charge in [-0.1, -0.05) is 60.7 Å². The monoisotopic (exact) mass is 654 g/mol. The number of aliphatic hydroxyl groups excluding tert-OH is 1. The van der Waals surface area contributed by atoms with Gasteiger partial charge in [0.1, 0.15) is 5.75 Å². The van der Waals surface area contributed by atoms with E-state index in [4.69, 9.17) is 0 Å². The molecule has 1 aliphatic heterocycles. The van der Waals surface area contributed by atoms with Crippen molar-refractivity contribution in [2.45, 2.75) is 43.6 Å². The second kappa shape index (κ2) is 15.3. The molecule has 5 N–H and O–H groups in total. The number of aromatic nitrogens is 1. The van der Waals surface area contributed by atoms with E-state index < -0.39 is 17.5 Å². The Hall–Kier alpha value is -5.00. The summed E-state index contributed by atoms with van der Waals surface area (Å²) in [6.45, 7) is 2.13. The number of nitrogens with one attached hydrogen (secondary N) is 2. The zero-order valence-electron chi connectivity index (χ0n) is 27.0. The fraction of sp³-hybridized carbons (Fsp3) is 0.351. The Balaban J connectivity index is 1.03. The summed E-state index contributed by atoms with van der Waals surface area (Å²) in [7, 11) is 1.75. The molecule has 0 spiro atoms. The van der Waals surface area contributed by atoms with Crippen molar-refractivity contribution in [1.82, 2.24) is 20.1 Å². The molecule has 0 saturated carbocycles. The van der Waals surface area contributed by atoms with Crippen molar-refractivity contribution in [2.75, 3.05) is 39.8 Å². The molecule has 5 rings (SSSR count). The lowest BCUT2D eigenvalue weighted by atomic mass is 9.73. The smallest absolute Gasteiger partial charge is 0.314 e. The largest absolute Gasteiger partial charge is 0.506 e. The van der Waals surface area contributed by atoms with E-state index in [1.807, 2.05) is 54.6 Å². The molecule has 4 aromatic rings. The number of aliphatic carboxylic acids is 1. The summed E-state index contributed by atoms with van der Waals surface area (Å²) >= 11 is 0. The Morgan fingerprint density at radius 2 is 1.60 bits per heavy atom. The predicted molar refractivity (Wildman–Crippen MR) is 182 cm³/mol. The van der Waals surface area contributed by atoms with E-state index in [1.54, 1.807) is 29.0 Å². The lowest BCUT2D eigenvalue weighted by molar-refractivity contribution is -0.148. The molecule has 1 saturated heterocycles. The first-order valence-electron chi connectivity index (χ1n) is 16.2. The van der Waals surface area contributed by atoms with Gasteiger partial charge in [-0.2, -0.15) is 0 Å². The number of pyridine rings is 1. The lowest BCUT2D eigenvalue weighted by Gasteiger charge is -2.39. The van der Waals surface area contributed by atoms with Crippen LogP contribution in [0, 0.1) is 0 Å². The maximum Gasteiger partial charge on any atom is 0.314 e. The number of likely N-dealkylation sites (tertiary alicyclic amines) is 1. The Morgan fingerprint density at radius 3 is 2.27 bits per heavy atom. The highest BCUT2D eigenvalue weighted by Gasteiger charge is 2.43. The van der Waals surface area contributed by atoms with E-state index >= 15 is 0 Å². The maximum absolute atomic E-state index is 13.0. The summed E-state index contributed by atoms with van der Waals surface area (Å²) in [4.78, 5) is 55.8. The number of aromatic hydroxyl groups is 1. The van der Waals surface area contributed by atoms with Crippen LogP contribution in [-0.4, -0.2) is 87.7 Å². The first kappa shape index (κ1) is 34.3. The van der Waals surface area contributed by atoms with Crippen molar-refractivity contribution in [2.24, 2.45) is 0 Å². The molecule has 1 aromatic heterocycles. The predicted octanol–water partition coefficient (Wildman–Crippen LogP) is 3.14. The Kier molecular flexibility index (Phi) is 10.9. The van der Waals surface area contributed by atoms with Gasteiger partial charge in [0.25, 0.3) is 0 Å². The van der Waals surface area contributed by atoms with Gasteiger partial charge in [0, 0.05) is 44.7 Å². The first-order chi connectivity index (χ1) is 23.1. The molecule has 3 aromatic carbocycles. The number of hydrogen-bond acceptors (Lipinski definition) is 7. The van der Waals surface area contributed by atoms with Crippen LogP contribution in [0.25, 0.3) is 10.9 Å². The van der Waals surface area contributed by atoms with Gasteiger partial charge in [-0.05, 0) is 60.2 Å². The third-order valence-electron chi connectivity index (χ3n) is 9.32. The summed E-state index contributed by atoms with van der Waals surface area (Å²) in [5.74, 6) is -0.990. The lowest BCUT2D eigenvalue weighted by Crippen LogP contribution is -2.49. The van der Waals surface area contributed by atoms with Crippen molar-refractivity contribution in [1.29, 1.82) is 0 Å². The molecular formula is C37H42N4O7. The van der Waals surface area contributed by atoms with Crippen molar-refractivity contribution in [3.8, 4) is 5.75 Å². The third kappa shape index (κ3) is 7.92. The number of aliphatic hydroxyl groups is 1. The molecule has 11 heteroatoms. The molecule has 1 aliphatic rings. The number of benzene rings is 3. The highest BCUT2D eigenvalue weighted by atomic mass is 16.4. The highest BCUT2D eigenvalue weighted by Crippen LogP contribution is 2.36. The van der Waals surface area contributed by atoms with Gasteiger partial charge in [0.2, 0.25) is 17.4 Å². The van der Waals surface area contributed by atoms with E-state index in [0.717, 1.165) is 16.7 Å². The highest BCUT2D eigenvalue weighted by molar-refractivity contribution is 5.87. The molecule has 0 radical (unpaired) electrons. The van der Waals surface area contributed by atoms with Gasteiger partial charge in [-0.25, -0.2) is 0 Å². The van der Waals surface area contributed by atoms with E-state index in [-0.39, 0.29) is 48.0 Å². The molecule has 1 unspecified atom stereocenters. The minimum absolute atomic E-state index is 0.0305. The first-order valence-corrected chi connectivity index (χ1v) is 16.2. The number of likely N-dealkylation sites (N-methyl/N-ethyl adjacent to an activating group) is 1. The zero-order valence-corrected chi connectivity index (χ0v) is 27.0. The van der Waals surface area contributed by atoms with Crippen LogP contribution >= 0.6 is 0 Å². The molecule has 1 atom stereocenters. The number of phenols is 1. The second-order valence-corrected chi connectivity index (χ2v) is 12.5. The summed E-state index contributed by atoms with van der Waals surface area (Å²) in [6, 6.07) is 22.7. The van der Waals surface area contributed by atoms with Crippen LogP contribution in [0.3, 0.4) is 0 Å². The van der Waals surface area contributed by atoms with Crippen molar-refractivity contribution in [3.63, 3.8) is 0 Å². The van der Waals surface area contributed by atoms with E-state index in [2.05, 4.69) is 10.3 Å². The number of H-pyrrole nitrogens is 1. The van der Waals surface area contributed by atoms with Crippen LogP contribution in [0.1, 0.15) is 47.6 Å². The molecule has 2 amide bonds. The van der Waals surface area contributed by atoms with Crippen molar-refractivity contribution >= 4 is 28.7 Å². The number of aromatic amines is 1. The number of hydrogen-bond donors (Lipinski definition) is 5. The number of carboxylic acids is 1. The fourth-order valence-electron chi connectivity index (χ4n) is 6.36. The van der Waals surface area contributed by atoms with Gasteiger partial charge in [-0.3, -0.25) is 19.2 Å². The normalized spacial score (nSPS) is 14.8. The third-order valence-corrected chi connectivity index (χ3v) is 9.32. The molecule has 48 heavy (non-hydrogen) atoms. The van der Waals surface area contributed by atoms with E-state index in [9.17, 15) is 34.5 Å². The topological polar surface area (TPSA) is 163 Å². The number of nitrogens with zero attached hydrogens (tertiary/aromatic N) is 2. The SMILES string of the molecule is CN(CCCNCC(O)c1ccc(O)c2[nH]c(=O)ccc12)C(=O)Cc1ccc(CC(=O)N2CCC(C(=O)O)(c3ccccc3)CC2)cc1. The second-order valence-electron chi connectivity index (χ2n) is 12.5. The Bertz CT molecular complexity index is 1800. The summed E-state index contributed by atoms with van der Waals surface area (Å²) in [5.41, 5.74) is 2.01. The number of amides is 2. The Morgan fingerprint density at radius 1 is 0.938 bits per heavy atom. The number of carbonyl (C=O) groups excluding carboxylic acids is 2. The minimum atomic E-state index is -0.979. The molecule has 2 heterocycles. The summed E-state index contributed by atoms with van der Waals surface area (Å²) in [5, 5.41) is 34.6. The van der Waals surface area contributed by atoms with Crippen LogP contribution < -0.4 is 10.9 Å². The fourth-order valence-corrected chi connectivity index (χ4v) is 6.36. The van der Waals surface area contributed by atoms with Gasteiger partial charge >= 0.3 is 5.97 Å². The van der Waals surface area contributed by atoms with E-state index in [0.29, 0.717) is 56.4 Å². The standard InChI is InChI=1S/C37H42N4O7/c1-40(19-5-18-38-24-31(43)28-12-14-30(42)35-29(28)13-15-32(44)39-35)33(45)22-25-8-10-26(11-9-25)23-34(46)41-20-16-37(17-21-41,36(47)48)27-6-3-2-4-7-27/h2-4,6-15,31,38,42-43H,5,16-24H2,1H3,(H,39,44)(H,47,48). The average Bonchev–Trinajstić information content (AvgIpc) is 3.09. The quantitative estimate of drug-likeness (QED) is 0.137. The average molecular weight is 655 g/mol. The molecule has 0 aliphatic carbocycles. The molecule has 0 bridgehead atoms.